The van der Waals surface area contributed by atoms with E-state index in [1.54, 1.807) is 24.3 Å². The molecule has 0 aromatic heterocycles. The van der Waals surface area contributed by atoms with Gasteiger partial charge in [0.25, 0.3) is 0 Å². The Labute approximate surface area is 109 Å². The van der Waals surface area contributed by atoms with Crippen molar-refractivity contribution in [1.82, 2.24) is 5.32 Å². The fraction of sp³-hybridized carbons (Fsp3) is 0.538. The van der Waals surface area contributed by atoms with Crippen LogP contribution in [0.15, 0.2) is 29.2 Å². The molecule has 0 aliphatic carbocycles. The van der Waals surface area contributed by atoms with Gasteiger partial charge in [-0.3, -0.25) is 0 Å². The molecule has 1 rings (SSSR count). The minimum atomic E-state index is -3.18. The molecule has 4 nitrogen and oxygen atoms in total. The highest BCUT2D eigenvalue weighted by Crippen LogP contribution is 2.19. The zero-order chi connectivity index (χ0) is 13.6. The van der Waals surface area contributed by atoms with Crippen LogP contribution in [-0.4, -0.2) is 34.4 Å². The molecule has 0 spiro atoms. The summed E-state index contributed by atoms with van der Waals surface area (Å²) in [6, 6.07) is 6.64. The predicted molar refractivity (Wildman–Crippen MR) is 72.8 cm³/mol. The fourth-order valence-electron chi connectivity index (χ4n) is 1.72. The summed E-state index contributed by atoms with van der Waals surface area (Å²) in [6.07, 6.45) is 3.22. The molecule has 5 heteroatoms. The number of sulfone groups is 1. The van der Waals surface area contributed by atoms with Crippen LogP contribution in [0.4, 0.5) is 0 Å². The van der Waals surface area contributed by atoms with Crippen LogP contribution in [0.5, 0.6) is 5.75 Å². The second-order valence-electron chi connectivity index (χ2n) is 4.33. The van der Waals surface area contributed by atoms with E-state index in [1.807, 2.05) is 7.05 Å². The minimum absolute atomic E-state index is 0.0646. The average Bonchev–Trinajstić information content (AvgIpc) is 2.29. The van der Waals surface area contributed by atoms with E-state index in [4.69, 9.17) is 4.74 Å². The summed E-state index contributed by atoms with van der Waals surface area (Å²) in [5.41, 5.74) is 0. The molecule has 1 aromatic rings. The molecule has 0 aliphatic rings. The van der Waals surface area contributed by atoms with Crippen molar-refractivity contribution in [2.75, 3.05) is 19.8 Å². The van der Waals surface area contributed by atoms with Crippen molar-refractivity contribution in [3.05, 3.63) is 24.3 Å². The Morgan fingerprint density at radius 2 is 2.11 bits per heavy atom. The molecule has 1 N–H and O–H groups in total. The maximum atomic E-state index is 11.5. The molecule has 0 aliphatic heterocycles. The lowest BCUT2D eigenvalue weighted by atomic mass is 10.2. The van der Waals surface area contributed by atoms with E-state index in [0.717, 1.165) is 19.4 Å². The molecule has 0 heterocycles. The molecule has 1 aromatic carbocycles. The van der Waals surface area contributed by atoms with E-state index in [9.17, 15) is 8.42 Å². The van der Waals surface area contributed by atoms with Crippen molar-refractivity contribution < 1.29 is 13.2 Å². The van der Waals surface area contributed by atoms with Gasteiger partial charge in [0.15, 0.2) is 9.84 Å². The van der Waals surface area contributed by atoms with Crippen molar-refractivity contribution in [3.63, 3.8) is 0 Å². The third-order valence-corrected chi connectivity index (χ3v) is 3.69. The summed E-state index contributed by atoms with van der Waals surface area (Å²) in [6.45, 7) is 2.84. The summed E-state index contributed by atoms with van der Waals surface area (Å²) < 4.78 is 28.7. The van der Waals surface area contributed by atoms with Gasteiger partial charge in [0, 0.05) is 12.8 Å². The number of hydrogen-bond acceptors (Lipinski definition) is 4. The normalized spacial score (nSPS) is 13.3. The Morgan fingerprint density at radius 3 is 2.67 bits per heavy atom. The van der Waals surface area contributed by atoms with Gasteiger partial charge < -0.3 is 10.1 Å². The van der Waals surface area contributed by atoms with Crippen LogP contribution in [0.1, 0.15) is 19.8 Å². The standard InChI is InChI=1S/C13H21NO3S/c1-4-6-12(10-14-2)17-11-7-5-8-13(9-11)18(3,15)16/h5,7-9,12,14H,4,6,10H2,1-3H3. The minimum Gasteiger partial charge on any atom is -0.489 e. The lowest BCUT2D eigenvalue weighted by molar-refractivity contribution is 0.189. The first-order valence-corrected chi connectivity index (χ1v) is 7.98. The predicted octanol–water partition coefficient (Wildman–Crippen LogP) is 1.86. The Kier molecular flexibility index (Phi) is 5.62. The number of benzene rings is 1. The smallest absolute Gasteiger partial charge is 0.175 e. The molecule has 0 fully saturated rings. The van der Waals surface area contributed by atoms with Gasteiger partial charge in [0.05, 0.1) is 4.90 Å². The summed E-state index contributed by atoms with van der Waals surface area (Å²) in [4.78, 5) is 0.291. The summed E-state index contributed by atoms with van der Waals surface area (Å²) in [7, 11) is -1.31. The molecule has 1 atom stereocenters. The number of hydrogen-bond donors (Lipinski definition) is 1. The second-order valence-corrected chi connectivity index (χ2v) is 6.35. The molecule has 18 heavy (non-hydrogen) atoms. The van der Waals surface area contributed by atoms with Crippen LogP contribution < -0.4 is 10.1 Å². The Hall–Kier alpha value is -1.07. The van der Waals surface area contributed by atoms with Crippen molar-refractivity contribution in [3.8, 4) is 5.75 Å². The highest BCUT2D eigenvalue weighted by Gasteiger charge is 2.11. The molecule has 0 bridgehead atoms. The molecule has 0 saturated heterocycles. The maximum Gasteiger partial charge on any atom is 0.175 e. The van der Waals surface area contributed by atoms with E-state index in [2.05, 4.69) is 12.2 Å². The lowest BCUT2D eigenvalue weighted by Gasteiger charge is -2.18. The van der Waals surface area contributed by atoms with Gasteiger partial charge in [-0.05, 0) is 31.7 Å². The Morgan fingerprint density at radius 1 is 1.39 bits per heavy atom. The molecule has 0 saturated carbocycles. The molecule has 102 valence electrons. The third-order valence-electron chi connectivity index (χ3n) is 2.58. The van der Waals surface area contributed by atoms with Crippen LogP contribution in [0, 0.1) is 0 Å². The topological polar surface area (TPSA) is 55.4 Å². The summed E-state index contributed by atoms with van der Waals surface area (Å²) in [5, 5.41) is 3.07. The van der Waals surface area contributed by atoms with Crippen molar-refractivity contribution in [2.45, 2.75) is 30.8 Å². The zero-order valence-corrected chi connectivity index (χ0v) is 12.0. The fourth-order valence-corrected chi connectivity index (χ4v) is 2.38. The quantitative estimate of drug-likeness (QED) is 0.822. The van der Waals surface area contributed by atoms with Gasteiger partial charge in [0.1, 0.15) is 11.9 Å². The van der Waals surface area contributed by atoms with Crippen LogP contribution in [-0.2, 0) is 9.84 Å². The highest BCUT2D eigenvalue weighted by atomic mass is 32.2. The Balaban J connectivity index is 2.83. The SMILES string of the molecule is CCCC(CNC)Oc1cccc(S(C)(=O)=O)c1. The van der Waals surface area contributed by atoms with E-state index in [1.165, 1.54) is 6.26 Å². The molecular formula is C13H21NO3S. The molecule has 0 radical (unpaired) electrons. The van der Waals surface area contributed by atoms with Gasteiger partial charge in [-0.25, -0.2) is 8.42 Å². The third kappa shape index (κ3) is 4.66. The average molecular weight is 271 g/mol. The summed E-state index contributed by atoms with van der Waals surface area (Å²) >= 11 is 0. The van der Waals surface area contributed by atoms with E-state index in [0.29, 0.717) is 10.6 Å². The highest BCUT2D eigenvalue weighted by molar-refractivity contribution is 7.90. The van der Waals surface area contributed by atoms with Crippen LogP contribution >= 0.6 is 0 Å². The van der Waals surface area contributed by atoms with Gasteiger partial charge in [-0.2, -0.15) is 0 Å². The largest absolute Gasteiger partial charge is 0.489 e. The van der Waals surface area contributed by atoms with Gasteiger partial charge in [-0.15, -0.1) is 0 Å². The van der Waals surface area contributed by atoms with Crippen LogP contribution in [0.25, 0.3) is 0 Å². The van der Waals surface area contributed by atoms with E-state index >= 15 is 0 Å². The summed E-state index contributed by atoms with van der Waals surface area (Å²) in [5.74, 6) is 0.603. The first kappa shape index (κ1) is 15.0. The number of ether oxygens (including phenoxy) is 1. The van der Waals surface area contributed by atoms with E-state index in [-0.39, 0.29) is 6.10 Å². The number of likely N-dealkylation sites (N-methyl/N-ethyl adjacent to an activating group) is 1. The van der Waals surface area contributed by atoms with E-state index < -0.39 is 9.84 Å². The van der Waals surface area contributed by atoms with Crippen molar-refractivity contribution in [2.24, 2.45) is 0 Å². The van der Waals surface area contributed by atoms with Gasteiger partial charge >= 0.3 is 0 Å². The molecule has 1 unspecified atom stereocenters. The first-order chi connectivity index (χ1) is 8.47. The zero-order valence-electron chi connectivity index (χ0n) is 11.1. The lowest BCUT2D eigenvalue weighted by Crippen LogP contribution is -2.29. The van der Waals surface area contributed by atoms with Crippen molar-refractivity contribution in [1.29, 1.82) is 0 Å². The van der Waals surface area contributed by atoms with Crippen LogP contribution in [0.2, 0.25) is 0 Å². The second kappa shape index (κ2) is 6.75. The van der Waals surface area contributed by atoms with Crippen LogP contribution in [0.3, 0.4) is 0 Å². The van der Waals surface area contributed by atoms with Gasteiger partial charge in [-0.1, -0.05) is 19.4 Å². The monoisotopic (exact) mass is 271 g/mol. The molecule has 0 amide bonds. The number of rotatable bonds is 7. The van der Waals surface area contributed by atoms with Gasteiger partial charge in [0.2, 0.25) is 0 Å². The Bertz CT molecular complexity index is 465. The maximum absolute atomic E-state index is 11.5. The molecular weight excluding hydrogens is 250 g/mol. The number of nitrogens with one attached hydrogen (secondary N) is 1. The first-order valence-electron chi connectivity index (χ1n) is 6.08. The van der Waals surface area contributed by atoms with Crippen molar-refractivity contribution >= 4 is 9.84 Å².